The molecular formula is C30H34N6O2. The molecule has 0 bridgehead atoms. The number of amides is 1. The van der Waals surface area contributed by atoms with Gasteiger partial charge in [0.2, 0.25) is 11.8 Å². The number of benzene rings is 2. The van der Waals surface area contributed by atoms with Gasteiger partial charge in [0.05, 0.1) is 11.1 Å². The zero-order chi connectivity index (χ0) is 26.5. The van der Waals surface area contributed by atoms with E-state index in [1.165, 1.54) is 5.56 Å². The van der Waals surface area contributed by atoms with Crippen LogP contribution in [-0.4, -0.2) is 47.5 Å². The number of hydrogen-bond donors (Lipinski definition) is 2. The Morgan fingerprint density at radius 1 is 0.974 bits per heavy atom. The van der Waals surface area contributed by atoms with Gasteiger partial charge in [-0.3, -0.25) is 4.79 Å². The summed E-state index contributed by atoms with van der Waals surface area (Å²) < 4.78 is 5.76. The molecular weight excluding hydrogens is 476 g/mol. The number of fused-ring (bicyclic) bond motifs is 1. The van der Waals surface area contributed by atoms with Gasteiger partial charge in [0.1, 0.15) is 11.6 Å². The fourth-order valence-corrected chi connectivity index (χ4v) is 4.80. The van der Waals surface area contributed by atoms with Crippen LogP contribution in [0.25, 0.3) is 10.9 Å². The lowest BCUT2D eigenvalue weighted by Crippen LogP contribution is -2.34. The standard InChI is InChI=1S/C30H34N6O2/c1-20-8-15-24(16-9-20)38-27-17-12-22(19-31-27)29(37)32-18-21-10-13-23(14-11-21)33-30-34-26-7-5-4-6-25(26)28(35-30)36(2)3/h4-9,12,15-17,19,21,23H,10-11,13-14,18H2,1-3H3,(H,32,37)(H,33,34,35)/t21-,23+. The molecule has 8 heteroatoms. The summed E-state index contributed by atoms with van der Waals surface area (Å²) in [6.45, 7) is 2.68. The van der Waals surface area contributed by atoms with Crippen LogP contribution in [0.15, 0.2) is 66.9 Å². The van der Waals surface area contributed by atoms with Gasteiger partial charge in [-0.05, 0) is 68.9 Å². The molecule has 0 aliphatic heterocycles. The second-order valence-corrected chi connectivity index (χ2v) is 10.2. The van der Waals surface area contributed by atoms with E-state index >= 15 is 0 Å². The molecule has 2 heterocycles. The smallest absolute Gasteiger partial charge is 0.252 e. The fraction of sp³-hybridized carbons (Fsp3) is 0.333. The Morgan fingerprint density at radius 3 is 2.45 bits per heavy atom. The number of pyridine rings is 1. The van der Waals surface area contributed by atoms with Crippen molar-refractivity contribution in [3.05, 3.63) is 78.0 Å². The van der Waals surface area contributed by atoms with E-state index in [2.05, 4.69) is 21.7 Å². The summed E-state index contributed by atoms with van der Waals surface area (Å²) >= 11 is 0. The first-order chi connectivity index (χ1) is 18.4. The molecule has 1 aliphatic rings. The molecule has 1 amide bonds. The molecule has 0 radical (unpaired) electrons. The molecule has 2 N–H and O–H groups in total. The minimum atomic E-state index is -0.111. The van der Waals surface area contributed by atoms with Gasteiger partial charge in [-0.2, -0.15) is 4.98 Å². The highest BCUT2D eigenvalue weighted by molar-refractivity contribution is 5.94. The van der Waals surface area contributed by atoms with Gasteiger partial charge in [-0.1, -0.05) is 29.8 Å². The number of carbonyl (C=O) groups is 1. The topological polar surface area (TPSA) is 92.3 Å². The van der Waals surface area contributed by atoms with E-state index in [1.807, 2.05) is 68.4 Å². The summed E-state index contributed by atoms with van der Waals surface area (Å²) in [4.78, 5) is 28.5. The second kappa shape index (κ2) is 11.5. The fourth-order valence-electron chi connectivity index (χ4n) is 4.80. The van der Waals surface area contributed by atoms with Crippen LogP contribution in [0.3, 0.4) is 0 Å². The highest BCUT2D eigenvalue weighted by atomic mass is 16.5. The number of nitrogens with zero attached hydrogens (tertiary/aromatic N) is 4. The van der Waals surface area contributed by atoms with Gasteiger partial charge in [-0.25, -0.2) is 9.97 Å². The average molecular weight is 511 g/mol. The number of anilines is 2. The molecule has 5 rings (SSSR count). The Hall–Kier alpha value is -4.20. The van der Waals surface area contributed by atoms with Gasteiger partial charge in [-0.15, -0.1) is 0 Å². The maximum atomic E-state index is 12.7. The Balaban J connectivity index is 1.09. The monoisotopic (exact) mass is 510 g/mol. The summed E-state index contributed by atoms with van der Waals surface area (Å²) in [6.07, 6.45) is 5.66. The van der Waals surface area contributed by atoms with Crippen LogP contribution in [0.5, 0.6) is 11.6 Å². The van der Waals surface area contributed by atoms with Crippen molar-refractivity contribution < 1.29 is 9.53 Å². The number of para-hydroxylation sites is 1. The summed E-state index contributed by atoms with van der Waals surface area (Å²) in [5.41, 5.74) is 2.63. The lowest BCUT2D eigenvalue weighted by atomic mass is 9.86. The quantitative estimate of drug-likeness (QED) is 0.319. The highest BCUT2D eigenvalue weighted by Gasteiger charge is 2.23. The van der Waals surface area contributed by atoms with Crippen molar-refractivity contribution in [1.82, 2.24) is 20.3 Å². The maximum absolute atomic E-state index is 12.7. The van der Waals surface area contributed by atoms with E-state index < -0.39 is 0 Å². The third-order valence-corrected chi connectivity index (χ3v) is 6.98. The van der Waals surface area contributed by atoms with Crippen LogP contribution in [0.4, 0.5) is 11.8 Å². The van der Waals surface area contributed by atoms with Gasteiger partial charge >= 0.3 is 0 Å². The van der Waals surface area contributed by atoms with Crippen LogP contribution in [0.1, 0.15) is 41.6 Å². The van der Waals surface area contributed by atoms with E-state index in [4.69, 9.17) is 14.7 Å². The third kappa shape index (κ3) is 6.19. The van der Waals surface area contributed by atoms with Gasteiger partial charge in [0.15, 0.2) is 0 Å². The van der Waals surface area contributed by atoms with Crippen LogP contribution in [0.2, 0.25) is 0 Å². The molecule has 0 unspecified atom stereocenters. The van der Waals surface area contributed by atoms with Crippen LogP contribution >= 0.6 is 0 Å². The van der Waals surface area contributed by atoms with Crippen molar-refractivity contribution in [2.45, 2.75) is 38.6 Å². The Morgan fingerprint density at radius 2 is 1.74 bits per heavy atom. The number of rotatable bonds is 8. The van der Waals surface area contributed by atoms with Crippen LogP contribution < -0.4 is 20.3 Å². The van der Waals surface area contributed by atoms with Crippen molar-refractivity contribution in [3.8, 4) is 11.6 Å². The Kier molecular flexibility index (Phi) is 7.67. The maximum Gasteiger partial charge on any atom is 0.252 e. The summed E-state index contributed by atoms with van der Waals surface area (Å²) in [6, 6.07) is 19.7. The SMILES string of the molecule is Cc1ccc(Oc2ccc(C(=O)NC[C@H]3CC[C@@H](Nc4nc(N(C)C)c5ccccc5n4)CC3)cn2)cc1. The first-order valence-electron chi connectivity index (χ1n) is 13.1. The number of nitrogens with one attached hydrogen (secondary N) is 2. The molecule has 2 aromatic carbocycles. The first kappa shape index (κ1) is 25.4. The largest absolute Gasteiger partial charge is 0.439 e. The molecule has 196 valence electrons. The highest BCUT2D eigenvalue weighted by Crippen LogP contribution is 2.28. The number of ether oxygens (including phenoxy) is 1. The predicted octanol–water partition coefficient (Wildman–Crippen LogP) is 5.59. The van der Waals surface area contributed by atoms with E-state index in [9.17, 15) is 4.79 Å². The first-order valence-corrected chi connectivity index (χ1v) is 13.1. The second-order valence-electron chi connectivity index (χ2n) is 10.2. The van der Waals surface area contributed by atoms with Crippen molar-refractivity contribution in [3.63, 3.8) is 0 Å². The molecule has 0 spiro atoms. The van der Waals surface area contributed by atoms with Crippen LogP contribution in [-0.2, 0) is 0 Å². The van der Waals surface area contributed by atoms with E-state index in [0.717, 1.165) is 48.2 Å². The van der Waals surface area contributed by atoms with Crippen molar-refractivity contribution >= 4 is 28.6 Å². The van der Waals surface area contributed by atoms with E-state index in [0.29, 0.717) is 35.9 Å². The molecule has 0 atom stereocenters. The van der Waals surface area contributed by atoms with E-state index in [-0.39, 0.29) is 5.91 Å². The van der Waals surface area contributed by atoms with Gasteiger partial charge in [0.25, 0.3) is 5.91 Å². The lowest BCUT2D eigenvalue weighted by molar-refractivity contribution is 0.0943. The third-order valence-electron chi connectivity index (χ3n) is 6.98. The molecule has 1 fully saturated rings. The number of carbonyl (C=O) groups excluding carboxylic acids is 1. The predicted molar refractivity (Wildman–Crippen MR) is 151 cm³/mol. The molecule has 2 aromatic heterocycles. The summed E-state index contributed by atoms with van der Waals surface area (Å²) in [5.74, 6) is 3.11. The van der Waals surface area contributed by atoms with Gasteiger partial charge < -0.3 is 20.3 Å². The molecule has 38 heavy (non-hydrogen) atoms. The van der Waals surface area contributed by atoms with Gasteiger partial charge in [0, 0.05) is 44.3 Å². The number of aromatic nitrogens is 3. The number of hydrogen-bond acceptors (Lipinski definition) is 7. The normalized spacial score (nSPS) is 17.1. The average Bonchev–Trinajstić information content (AvgIpc) is 2.93. The molecule has 1 saturated carbocycles. The van der Waals surface area contributed by atoms with Crippen LogP contribution in [0, 0.1) is 12.8 Å². The lowest BCUT2D eigenvalue weighted by Gasteiger charge is -2.29. The molecule has 8 nitrogen and oxygen atoms in total. The summed E-state index contributed by atoms with van der Waals surface area (Å²) in [5, 5.41) is 7.67. The summed E-state index contributed by atoms with van der Waals surface area (Å²) in [7, 11) is 4.00. The molecule has 0 saturated heterocycles. The Labute approximate surface area is 223 Å². The van der Waals surface area contributed by atoms with Crippen molar-refractivity contribution in [2.24, 2.45) is 5.92 Å². The minimum Gasteiger partial charge on any atom is -0.439 e. The van der Waals surface area contributed by atoms with E-state index in [1.54, 1.807) is 18.3 Å². The zero-order valence-corrected chi connectivity index (χ0v) is 22.1. The zero-order valence-electron chi connectivity index (χ0n) is 22.1. The Bertz CT molecular complexity index is 1380. The molecule has 1 aliphatic carbocycles. The number of aryl methyl sites for hydroxylation is 1. The van der Waals surface area contributed by atoms with Crippen molar-refractivity contribution in [1.29, 1.82) is 0 Å². The van der Waals surface area contributed by atoms with Crippen molar-refractivity contribution in [2.75, 3.05) is 30.9 Å². The minimum absolute atomic E-state index is 0.111. The molecule has 4 aromatic rings.